The molecule has 1 aromatic carbocycles. The van der Waals surface area contributed by atoms with E-state index in [9.17, 15) is 9.18 Å². The summed E-state index contributed by atoms with van der Waals surface area (Å²) in [6, 6.07) is 4.30. The van der Waals surface area contributed by atoms with Crippen LogP contribution in [0.4, 0.5) is 10.1 Å². The van der Waals surface area contributed by atoms with Crippen molar-refractivity contribution >= 4 is 23.4 Å². The minimum absolute atomic E-state index is 0.183. The highest BCUT2D eigenvalue weighted by Gasteiger charge is 2.36. The first-order chi connectivity index (χ1) is 8.58. The second kappa shape index (κ2) is 5.18. The second-order valence-corrected chi connectivity index (χ2v) is 5.84. The summed E-state index contributed by atoms with van der Waals surface area (Å²) in [7, 11) is 0. The Labute approximate surface area is 110 Å². The maximum absolute atomic E-state index is 13.5. The lowest BCUT2D eigenvalue weighted by molar-refractivity contribution is 0.0693. The van der Waals surface area contributed by atoms with Gasteiger partial charge in [-0.3, -0.25) is 0 Å². The summed E-state index contributed by atoms with van der Waals surface area (Å²) in [6.45, 7) is 0.678. The van der Waals surface area contributed by atoms with Gasteiger partial charge in [0.15, 0.2) is 0 Å². The first-order valence-electron chi connectivity index (χ1n) is 5.89. The molecule has 5 heteroatoms. The van der Waals surface area contributed by atoms with Gasteiger partial charge in [0, 0.05) is 11.3 Å². The highest BCUT2D eigenvalue weighted by Crippen LogP contribution is 2.42. The Morgan fingerprint density at radius 3 is 2.78 bits per heavy atom. The zero-order chi connectivity index (χ0) is 13.2. The number of hydrogen-bond donors (Lipinski definition) is 2. The van der Waals surface area contributed by atoms with Crippen LogP contribution >= 0.6 is 11.8 Å². The molecule has 0 aromatic heterocycles. The van der Waals surface area contributed by atoms with E-state index in [1.807, 2.05) is 0 Å². The van der Waals surface area contributed by atoms with Crippen molar-refractivity contribution in [3.05, 3.63) is 29.6 Å². The second-order valence-electron chi connectivity index (χ2n) is 4.56. The third kappa shape index (κ3) is 2.46. The Kier molecular flexibility index (Phi) is 3.80. The lowest BCUT2D eigenvalue weighted by atomic mass is 9.84. The molecule has 1 aliphatic rings. The van der Waals surface area contributed by atoms with Crippen LogP contribution in [0.15, 0.2) is 18.2 Å². The third-order valence-corrected chi connectivity index (χ3v) is 4.94. The molecular weight excluding hydrogens is 253 g/mol. The minimum atomic E-state index is -1.23. The Balaban J connectivity index is 2.14. The molecule has 0 amide bonds. The highest BCUT2D eigenvalue weighted by atomic mass is 32.2. The number of rotatable bonds is 5. The van der Waals surface area contributed by atoms with E-state index >= 15 is 0 Å². The number of aromatic carboxylic acids is 1. The average molecular weight is 269 g/mol. The van der Waals surface area contributed by atoms with Gasteiger partial charge in [0.25, 0.3) is 0 Å². The predicted octanol–water partition coefficient (Wildman–Crippen LogP) is 3.22. The van der Waals surface area contributed by atoms with Crippen LogP contribution in [0.1, 0.15) is 29.6 Å². The van der Waals surface area contributed by atoms with E-state index in [0.717, 1.165) is 12.8 Å². The van der Waals surface area contributed by atoms with E-state index in [2.05, 4.69) is 11.6 Å². The first kappa shape index (κ1) is 13.2. The molecule has 18 heavy (non-hydrogen) atoms. The lowest BCUT2D eigenvalue weighted by Gasteiger charge is -2.40. The van der Waals surface area contributed by atoms with Crippen molar-refractivity contribution in [2.75, 3.05) is 18.1 Å². The van der Waals surface area contributed by atoms with Crippen molar-refractivity contribution in [3.8, 4) is 0 Å². The zero-order valence-corrected chi connectivity index (χ0v) is 11.0. The van der Waals surface area contributed by atoms with Gasteiger partial charge in [0.2, 0.25) is 0 Å². The zero-order valence-electron chi connectivity index (χ0n) is 10.2. The number of benzene rings is 1. The standard InChI is InChI=1S/C13H16FNO2S/c1-18-13(6-3-7-13)8-15-10-5-2-4-9(14)11(10)12(16)17/h2,4-5,15H,3,6-8H2,1H3,(H,16,17). The van der Waals surface area contributed by atoms with Crippen LogP contribution in [0, 0.1) is 5.82 Å². The summed E-state index contributed by atoms with van der Waals surface area (Å²) < 4.78 is 13.7. The number of carboxylic acids is 1. The number of hydrogen-bond acceptors (Lipinski definition) is 3. The topological polar surface area (TPSA) is 49.3 Å². The molecule has 1 fully saturated rings. The quantitative estimate of drug-likeness (QED) is 0.861. The molecule has 1 saturated carbocycles. The molecule has 0 bridgehead atoms. The van der Waals surface area contributed by atoms with Crippen LogP contribution in [0.5, 0.6) is 0 Å². The van der Waals surface area contributed by atoms with E-state index in [1.54, 1.807) is 17.8 Å². The number of nitrogens with one attached hydrogen (secondary N) is 1. The SMILES string of the molecule is CSC1(CNc2cccc(F)c2C(=O)O)CCC1. The van der Waals surface area contributed by atoms with Gasteiger partial charge in [0.05, 0.1) is 5.69 Å². The molecule has 0 spiro atoms. The molecular formula is C13H16FNO2S. The normalized spacial score (nSPS) is 17.0. The molecule has 0 unspecified atom stereocenters. The van der Waals surface area contributed by atoms with Gasteiger partial charge in [-0.25, -0.2) is 9.18 Å². The third-order valence-electron chi connectivity index (χ3n) is 3.53. The van der Waals surface area contributed by atoms with Crippen molar-refractivity contribution in [2.45, 2.75) is 24.0 Å². The van der Waals surface area contributed by atoms with Crippen molar-refractivity contribution in [2.24, 2.45) is 0 Å². The van der Waals surface area contributed by atoms with Crippen LogP contribution in [0.2, 0.25) is 0 Å². The first-order valence-corrected chi connectivity index (χ1v) is 7.11. The number of anilines is 1. The molecule has 3 nitrogen and oxygen atoms in total. The van der Waals surface area contributed by atoms with Crippen LogP contribution < -0.4 is 5.32 Å². The fraction of sp³-hybridized carbons (Fsp3) is 0.462. The molecule has 0 aliphatic heterocycles. The van der Waals surface area contributed by atoms with Crippen LogP contribution in [-0.4, -0.2) is 28.6 Å². The summed E-state index contributed by atoms with van der Waals surface area (Å²) in [5.74, 6) is -1.93. The Bertz CT molecular complexity index is 455. The van der Waals surface area contributed by atoms with Crippen LogP contribution in [0.25, 0.3) is 0 Å². The predicted molar refractivity (Wildman–Crippen MR) is 71.9 cm³/mol. The molecule has 0 radical (unpaired) electrons. The van der Waals surface area contributed by atoms with Crippen molar-refractivity contribution in [1.82, 2.24) is 0 Å². The Morgan fingerprint density at radius 1 is 1.56 bits per heavy atom. The fourth-order valence-electron chi connectivity index (χ4n) is 2.17. The number of halogens is 1. The molecule has 0 heterocycles. The molecule has 1 aromatic rings. The van der Waals surface area contributed by atoms with Gasteiger partial charge in [0.1, 0.15) is 11.4 Å². The number of carbonyl (C=O) groups is 1. The van der Waals surface area contributed by atoms with Crippen molar-refractivity contribution in [1.29, 1.82) is 0 Å². The van der Waals surface area contributed by atoms with Crippen molar-refractivity contribution < 1.29 is 14.3 Å². The van der Waals surface area contributed by atoms with E-state index in [4.69, 9.17) is 5.11 Å². The summed E-state index contributed by atoms with van der Waals surface area (Å²) in [5.41, 5.74) is 0.0934. The molecule has 0 saturated heterocycles. The van der Waals surface area contributed by atoms with Gasteiger partial charge < -0.3 is 10.4 Å². The summed E-state index contributed by atoms with van der Waals surface area (Å²) >= 11 is 1.79. The van der Waals surface area contributed by atoms with Crippen molar-refractivity contribution in [3.63, 3.8) is 0 Å². The largest absolute Gasteiger partial charge is 0.478 e. The average Bonchev–Trinajstić information content (AvgIpc) is 2.27. The maximum atomic E-state index is 13.5. The van der Waals surface area contributed by atoms with E-state index in [1.165, 1.54) is 18.6 Å². The molecule has 98 valence electrons. The number of carboxylic acid groups (broad SMARTS) is 1. The summed E-state index contributed by atoms with van der Waals surface area (Å²) in [4.78, 5) is 11.0. The van der Waals surface area contributed by atoms with E-state index in [0.29, 0.717) is 12.2 Å². The highest BCUT2D eigenvalue weighted by molar-refractivity contribution is 8.00. The van der Waals surface area contributed by atoms with Gasteiger partial charge in [-0.15, -0.1) is 0 Å². The molecule has 0 atom stereocenters. The Morgan fingerprint density at radius 2 is 2.28 bits per heavy atom. The lowest BCUT2D eigenvalue weighted by Crippen LogP contribution is -2.40. The smallest absolute Gasteiger partial charge is 0.340 e. The fourth-order valence-corrected chi connectivity index (χ4v) is 3.08. The summed E-state index contributed by atoms with van der Waals surface area (Å²) in [5, 5.41) is 12.1. The maximum Gasteiger partial charge on any atom is 0.340 e. The monoisotopic (exact) mass is 269 g/mol. The molecule has 1 aliphatic carbocycles. The van der Waals surface area contributed by atoms with Gasteiger partial charge in [-0.1, -0.05) is 12.5 Å². The molecule has 2 rings (SSSR count). The summed E-state index contributed by atoms with van der Waals surface area (Å²) in [6.07, 6.45) is 5.51. The molecule has 2 N–H and O–H groups in total. The van der Waals surface area contributed by atoms with Crippen LogP contribution in [0.3, 0.4) is 0 Å². The van der Waals surface area contributed by atoms with Gasteiger partial charge in [-0.2, -0.15) is 11.8 Å². The van der Waals surface area contributed by atoms with E-state index < -0.39 is 11.8 Å². The Hall–Kier alpha value is -1.23. The van der Waals surface area contributed by atoms with Gasteiger partial charge in [-0.05, 0) is 31.2 Å². The van der Waals surface area contributed by atoms with E-state index in [-0.39, 0.29) is 10.3 Å². The van der Waals surface area contributed by atoms with Crippen LogP contribution in [-0.2, 0) is 0 Å². The van der Waals surface area contributed by atoms with Gasteiger partial charge >= 0.3 is 5.97 Å². The number of thioether (sulfide) groups is 1. The minimum Gasteiger partial charge on any atom is -0.478 e.